The van der Waals surface area contributed by atoms with Crippen LogP contribution in [-0.4, -0.2) is 24.2 Å². The molecule has 0 atom stereocenters. The zero-order valence-electron chi connectivity index (χ0n) is 12.4. The van der Waals surface area contributed by atoms with Crippen LogP contribution in [0, 0.1) is 5.82 Å². The number of rotatable bonds is 4. The fourth-order valence-corrected chi connectivity index (χ4v) is 2.39. The molecule has 0 fully saturated rings. The summed E-state index contributed by atoms with van der Waals surface area (Å²) >= 11 is 5.97. The van der Waals surface area contributed by atoms with E-state index < -0.39 is 5.82 Å². The number of ether oxygens (including phenoxy) is 2. The van der Waals surface area contributed by atoms with Crippen LogP contribution in [0.15, 0.2) is 36.4 Å². The summed E-state index contributed by atoms with van der Waals surface area (Å²) in [6, 6.07) is 9.70. The Morgan fingerprint density at radius 3 is 2.43 bits per heavy atom. The maximum absolute atomic E-state index is 13.9. The first kappa shape index (κ1) is 15.3. The number of para-hydroxylation sites is 1. The van der Waals surface area contributed by atoms with Crippen LogP contribution < -0.4 is 14.8 Å². The van der Waals surface area contributed by atoms with E-state index in [1.165, 1.54) is 20.3 Å². The van der Waals surface area contributed by atoms with Gasteiger partial charge in [0.2, 0.25) is 5.28 Å². The van der Waals surface area contributed by atoms with Crippen LogP contribution in [0.4, 0.5) is 15.9 Å². The van der Waals surface area contributed by atoms with E-state index in [-0.39, 0.29) is 5.28 Å². The van der Waals surface area contributed by atoms with Gasteiger partial charge in [0.25, 0.3) is 0 Å². The van der Waals surface area contributed by atoms with E-state index in [1.807, 2.05) is 0 Å². The van der Waals surface area contributed by atoms with Crippen LogP contribution in [0.2, 0.25) is 5.28 Å². The lowest BCUT2D eigenvalue weighted by atomic mass is 10.2. The third-order valence-electron chi connectivity index (χ3n) is 3.30. The molecule has 1 N–H and O–H groups in total. The first-order valence-corrected chi connectivity index (χ1v) is 7.11. The molecule has 0 bridgehead atoms. The zero-order chi connectivity index (χ0) is 16.4. The molecule has 5 nitrogen and oxygen atoms in total. The van der Waals surface area contributed by atoms with Gasteiger partial charge in [0.1, 0.15) is 11.6 Å². The Morgan fingerprint density at radius 2 is 1.74 bits per heavy atom. The molecule has 3 aromatic rings. The molecule has 0 amide bonds. The number of benzene rings is 2. The minimum atomic E-state index is -0.393. The Kier molecular flexibility index (Phi) is 4.16. The summed E-state index contributed by atoms with van der Waals surface area (Å²) in [5.41, 5.74) is 0.847. The predicted molar refractivity (Wildman–Crippen MR) is 87.3 cm³/mol. The predicted octanol–water partition coefficient (Wildman–Crippen LogP) is 4.18. The highest BCUT2D eigenvalue weighted by Crippen LogP contribution is 2.35. The van der Waals surface area contributed by atoms with Crippen molar-refractivity contribution >= 4 is 34.0 Å². The van der Waals surface area contributed by atoms with E-state index in [2.05, 4.69) is 15.3 Å². The third kappa shape index (κ3) is 2.98. The number of fused-ring (bicyclic) bond motifs is 1. The molecule has 0 radical (unpaired) electrons. The maximum atomic E-state index is 13.9. The van der Waals surface area contributed by atoms with E-state index in [9.17, 15) is 4.39 Å². The summed E-state index contributed by atoms with van der Waals surface area (Å²) in [6.45, 7) is 0. The lowest BCUT2D eigenvalue weighted by Gasteiger charge is -2.13. The Labute approximate surface area is 137 Å². The van der Waals surface area contributed by atoms with Gasteiger partial charge in [0.15, 0.2) is 11.5 Å². The number of aromatic nitrogens is 2. The van der Waals surface area contributed by atoms with E-state index in [1.54, 1.807) is 30.3 Å². The van der Waals surface area contributed by atoms with E-state index >= 15 is 0 Å². The van der Waals surface area contributed by atoms with Crippen molar-refractivity contribution in [3.05, 3.63) is 47.5 Å². The van der Waals surface area contributed by atoms with Crippen molar-refractivity contribution in [1.29, 1.82) is 0 Å². The first-order chi connectivity index (χ1) is 11.1. The van der Waals surface area contributed by atoms with Gasteiger partial charge < -0.3 is 14.8 Å². The Bertz CT molecular complexity index is 873. The topological polar surface area (TPSA) is 56.3 Å². The number of halogens is 2. The first-order valence-electron chi connectivity index (χ1n) is 6.73. The molecule has 3 rings (SSSR count). The monoisotopic (exact) mass is 333 g/mol. The van der Waals surface area contributed by atoms with Gasteiger partial charge >= 0.3 is 0 Å². The number of nitrogens with zero attached hydrogens (tertiary/aromatic N) is 2. The second-order valence-corrected chi connectivity index (χ2v) is 5.01. The van der Waals surface area contributed by atoms with Gasteiger partial charge in [0.05, 0.1) is 25.4 Å². The molecule has 0 aliphatic rings. The highest BCUT2D eigenvalue weighted by molar-refractivity contribution is 6.28. The molecule has 1 aromatic heterocycles. The molecule has 0 saturated carbocycles. The van der Waals surface area contributed by atoms with Crippen LogP contribution in [-0.2, 0) is 0 Å². The van der Waals surface area contributed by atoms with Gasteiger partial charge in [-0.1, -0.05) is 12.1 Å². The van der Waals surface area contributed by atoms with Crippen LogP contribution in [0.25, 0.3) is 10.9 Å². The second kappa shape index (κ2) is 6.26. The van der Waals surface area contributed by atoms with Crippen molar-refractivity contribution in [1.82, 2.24) is 9.97 Å². The summed E-state index contributed by atoms with van der Waals surface area (Å²) in [5.74, 6) is 1.02. The summed E-state index contributed by atoms with van der Waals surface area (Å²) in [6.07, 6.45) is 0. The summed E-state index contributed by atoms with van der Waals surface area (Å²) in [4.78, 5) is 8.32. The Balaban J connectivity index is 2.17. The smallest absolute Gasteiger partial charge is 0.224 e. The quantitative estimate of drug-likeness (QED) is 0.726. The van der Waals surface area contributed by atoms with Crippen molar-refractivity contribution in [2.45, 2.75) is 0 Å². The van der Waals surface area contributed by atoms with Gasteiger partial charge in [-0.05, 0) is 29.8 Å². The fraction of sp³-hybridized carbons (Fsp3) is 0.125. The Morgan fingerprint density at radius 1 is 1.04 bits per heavy atom. The standard InChI is InChI=1S/C16H13ClFN3O2/c1-22-13-7-9-12(8-14(13)23-2)20-16(17)21-15(9)19-11-6-4-3-5-10(11)18/h3-8H,1-2H3,(H,19,20,21). The molecule has 0 spiro atoms. The summed E-state index contributed by atoms with van der Waals surface area (Å²) < 4.78 is 24.4. The van der Waals surface area contributed by atoms with Crippen molar-refractivity contribution in [3.8, 4) is 11.5 Å². The van der Waals surface area contributed by atoms with Gasteiger partial charge in [-0.3, -0.25) is 0 Å². The molecule has 0 aliphatic carbocycles. The number of methoxy groups -OCH3 is 2. The number of hydrogen-bond donors (Lipinski definition) is 1. The normalized spacial score (nSPS) is 10.6. The molecule has 118 valence electrons. The highest BCUT2D eigenvalue weighted by Gasteiger charge is 2.13. The number of hydrogen-bond acceptors (Lipinski definition) is 5. The van der Waals surface area contributed by atoms with E-state index in [0.717, 1.165) is 0 Å². The van der Waals surface area contributed by atoms with Gasteiger partial charge in [-0.15, -0.1) is 0 Å². The van der Waals surface area contributed by atoms with E-state index in [4.69, 9.17) is 21.1 Å². The van der Waals surface area contributed by atoms with E-state index in [0.29, 0.717) is 33.9 Å². The molecule has 0 unspecified atom stereocenters. The van der Waals surface area contributed by atoms with Crippen LogP contribution in [0.1, 0.15) is 0 Å². The van der Waals surface area contributed by atoms with Crippen LogP contribution >= 0.6 is 11.6 Å². The van der Waals surface area contributed by atoms with Crippen LogP contribution in [0.5, 0.6) is 11.5 Å². The van der Waals surface area contributed by atoms with Gasteiger partial charge in [0, 0.05) is 11.5 Å². The minimum Gasteiger partial charge on any atom is -0.493 e. The van der Waals surface area contributed by atoms with Crippen molar-refractivity contribution in [2.24, 2.45) is 0 Å². The average molecular weight is 334 g/mol. The molecule has 2 aromatic carbocycles. The third-order valence-corrected chi connectivity index (χ3v) is 3.47. The highest BCUT2D eigenvalue weighted by atomic mass is 35.5. The number of anilines is 2. The minimum absolute atomic E-state index is 0.0450. The van der Waals surface area contributed by atoms with Crippen LogP contribution in [0.3, 0.4) is 0 Å². The molecule has 0 aliphatic heterocycles. The fourth-order valence-electron chi connectivity index (χ4n) is 2.21. The lowest BCUT2D eigenvalue weighted by Crippen LogP contribution is -2.00. The molecule has 0 saturated heterocycles. The van der Waals surface area contributed by atoms with Crippen molar-refractivity contribution < 1.29 is 13.9 Å². The second-order valence-electron chi connectivity index (χ2n) is 4.67. The van der Waals surface area contributed by atoms with Gasteiger partial charge in [-0.2, -0.15) is 4.98 Å². The number of nitrogens with one attached hydrogen (secondary N) is 1. The van der Waals surface area contributed by atoms with Gasteiger partial charge in [-0.25, -0.2) is 9.37 Å². The molecule has 1 heterocycles. The molecule has 23 heavy (non-hydrogen) atoms. The van der Waals surface area contributed by atoms with Crippen molar-refractivity contribution in [3.63, 3.8) is 0 Å². The summed E-state index contributed by atoms with van der Waals surface area (Å²) in [5, 5.41) is 3.62. The molecular formula is C16H13ClFN3O2. The SMILES string of the molecule is COc1cc2nc(Cl)nc(Nc3ccccc3F)c2cc1OC. The lowest BCUT2D eigenvalue weighted by molar-refractivity contribution is 0.356. The zero-order valence-corrected chi connectivity index (χ0v) is 13.2. The molecular weight excluding hydrogens is 321 g/mol. The molecule has 7 heteroatoms. The maximum Gasteiger partial charge on any atom is 0.224 e. The largest absolute Gasteiger partial charge is 0.493 e. The average Bonchev–Trinajstić information content (AvgIpc) is 2.55. The summed E-state index contributed by atoms with van der Waals surface area (Å²) in [7, 11) is 3.06. The van der Waals surface area contributed by atoms with Crippen molar-refractivity contribution in [2.75, 3.05) is 19.5 Å². The Hall–Kier alpha value is -2.60.